The van der Waals surface area contributed by atoms with Gasteiger partial charge in [-0.2, -0.15) is 5.10 Å². The van der Waals surface area contributed by atoms with E-state index in [4.69, 9.17) is 4.74 Å². The van der Waals surface area contributed by atoms with Gasteiger partial charge >= 0.3 is 0 Å². The van der Waals surface area contributed by atoms with E-state index in [2.05, 4.69) is 34.6 Å². The summed E-state index contributed by atoms with van der Waals surface area (Å²) >= 11 is 0. The first-order chi connectivity index (χ1) is 14.9. The molecule has 31 heavy (non-hydrogen) atoms. The van der Waals surface area contributed by atoms with E-state index in [1.807, 2.05) is 50.2 Å². The van der Waals surface area contributed by atoms with Gasteiger partial charge in [0.1, 0.15) is 5.75 Å². The summed E-state index contributed by atoms with van der Waals surface area (Å²) in [6, 6.07) is 11.7. The molecule has 0 unspecified atom stereocenters. The van der Waals surface area contributed by atoms with Gasteiger partial charge in [-0.05, 0) is 57.0 Å². The first kappa shape index (κ1) is 23.9. The molecule has 0 aliphatic rings. The molecule has 7 nitrogen and oxygen atoms in total. The van der Waals surface area contributed by atoms with Crippen LogP contribution in [0.1, 0.15) is 43.4 Å². The molecule has 7 heteroatoms. The lowest BCUT2D eigenvalue weighted by Gasteiger charge is -2.21. The maximum atomic E-state index is 12.1. The van der Waals surface area contributed by atoms with Gasteiger partial charge in [-0.1, -0.05) is 12.1 Å². The Morgan fingerprint density at radius 1 is 1.03 bits per heavy atom. The van der Waals surface area contributed by atoms with Crippen molar-refractivity contribution < 1.29 is 14.3 Å². The third-order valence-corrected chi connectivity index (χ3v) is 4.98. The van der Waals surface area contributed by atoms with Gasteiger partial charge in [-0.25, -0.2) is 5.43 Å². The van der Waals surface area contributed by atoms with Crippen molar-refractivity contribution in [1.29, 1.82) is 0 Å². The number of aryl methyl sites for hydroxylation is 2. The van der Waals surface area contributed by atoms with E-state index in [1.54, 1.807) is 13.3 Å². The molecule has 0 saturated carbocycles. The zero-order chi connectivity index (χ0) is 22.8. The predicted octanol–water partition coefficient (Wildman–Crippen LogP) is 4.03. The third-order valence-electron chi connectivity index (χ3n) is 4.98. The van der Waals surface area contributed by atoms with Crippen molar-refractivity contribution in [2.45, 2.75) is 40.5 Å². The van der Waals surface area contributed by atoms with Gasteiger partial charge in [0.25, 0.3) is 0 Å². The molecule has 0 atom stereocenters. The smallest absolute Gasteiger partial charge is 0.240 e. The van der Waals surface area contributed by atoms with Gasteiger partial charge in [0.05, 0.1) is 13.3 Å². The number of nitrogens with one attached hydrogen (secondary N) is 2. The Morgan fingerprint density at radius 2 is 1.74 bits per heavy atom. The number of anilines is 2. The van der Waals surface area contributed by atoms with Crippen molar-refractivity contribution in [3.05, 3.63) is 53.1 Å². The van der Waals surface area contributed by atoms with E-state index in [0.29, 0.717) is 5.75 Å². The van der Waals surface area contributed by atoms with Crippen molar-refractivity contribution in [3.63, 3.8) is 0 Å². The second-order valence-corrected chi connectivity index (χ2v) is 7.26. The molecule has 0 aliphatic heterocycles. The first-order valence-electron chi connectivity index (χ1n) is 10.5. The van der Waals surface area contributed by atoms with E-state index in [1.165, 1.54) is 0 Å². The number of hydrogen-bond acceptors (Lipinski definition) is 5. The molecule has 0 aromatic heterocycles. The second-order valence-electron chi connectivity index (χ2n) is 7.26. The molecule has 0 heterocycles. The molecule has 2 N–H and O–H groups in total. The highest BCUT2D eigenvalue weighted by Gasteiger charge is 2.09. The van der Waals surface area contributed by atoms with Crippen LogP contribution in [0.4, 0.5) is 11.4 Å². The van der Waals surface area contributed by atoms with Crippen LogP contribution < -0.4 is 20.4 Å². The number of methoxy groups -OCH3 is 1. The van der Waals surface area contributed by atoms with E-state index in [9.17, 15) is 9.59 Å². The Balaban J connectivity index is 1.87. The van der Waals surface area contributed by atoms with Crippen LogP contribution in [0.3, 0.4) is 0 Å². The van der Waals surface area contributed by atoms with Gasteiger partial charge in [-0.3, -0.25) is 9.59 Å². The maximum absolute atomic E-state index is 12.1. The summed E-state index contributed by atoms with van der Waals surface area (Å²) in [5.74, 6) is 0.142. The molecule has 2 aromatic carbocycles. The van der Waals surface area contributed by atoms with Gasteiger partial charge in [0, 0.05) is 48.9 Å². The Morgan fingerprint density at radius 3 is 2.42 bits per heavy atom. The summed E-state index contributed by atoms with van der Waals surface area (Å²) in [5, 5.41) is 6.85. The summed E-state index contributed by atoms with van der Waals surface area (Å²) < 4.78 is 5.45. The average Bonchev–Trinajstić information content (AvgIpc) is 2.76. The molecule has 0 fully saturated rings. The Bertz CT molecular complexity index is 936. The molecule has 166 valence electrons. The van der Waals surface area contributed by atoms with E-state index < -0.39 is 0 Å². The molecular weight excluding hydrogens is 392 g/mol. The molecule has 0 spiro atoms. The van der Waals surface area contributed by atoms with Crippen LogP contribution in [0.5, 0.6) is 5.75 Å². The average molecular weight is 425 g/mol. The number of carbonyl (C=O) groups excluding carboxylic acids is 2. The summed E-state index contributed by atoms with van der Waals surface area (Å²) in [5.41, 5.74) is 7.10. The van der Waals surface area contributed by atoms with Crippen molar-refractivity contribution >= 4 is 29.4 Å². The predicted molar refractivity (Wildman–Crippen MR) is 126 cm³/mol. The molecule has 0 saturated heterocycles. The van der Waals surface area contributed by atoms with Crippen LogP contribution in [-0.4, -0.2) is 38.2 Å². The van der Waals surface area contributed by atoms with Crippen LogP contribution in [0, 0.1) is 13.8 Å². The summed E-state index contributed by atoms with van der Waals surface area (Å²) in [4.78, 5) is 26.4. The van der Waals surface area contributed by atoms with Crippen LogP contribution in [0.2, 0.25) is 0 Å². The number of carbonyl (C=O) groups is 2. The molecule has 0 radical (unpaired) electrons. The van der Waals surface area contributed by atoms with Gasteiger partial charge in [0.15, 0.2) is 0 Å². The maximum Gasteiger partial charge on any atom is 0.240 e. The highest BCUT2D eigenvalue weighted by atomic mass is 16.5. The highest BCUT2D eigenvalue weighted by Crippen LogP contribution is 2.24. The van der Waals surface area contributed by atoms with E-state index in [0.717, 1.165) is 41.2 Å². The Labute approximate surface area is 184 Å². The normalized spacial score (nSPS) is 10.7. The van der Waals surface area contributed by atoms with Gasteiger partial charge in [0.2, 0.25) is 11.8 Å². The fraction of sp³-hybridized carbons (Fsp3) is 0.375. The van der Waals surface area contributed by atoms with Crippen LogP contribution in [0.25, 0.3) is 0 Å². The minimum atomic E-state index is -0.328. The molecular formula is C24H32N4O3. The fourth-order valence-corrected chi connectivity index (χ4v) is 3.13. The molecule has 0 aliphatic carbocycles. The van der Waals surface area contributed by atoms with Crippen molar-refractivity contribution in [2.24, 2.45) is 5.10 Å². The minimum absolute atomic E-state index is 0.0477. The van der Waals surface area contributed by atoms with Crippen LogP contribution in [-0.2, 0) is 9.59 Å². The van der Waals surface area contributed by atoms with Gasteiger partial charge < -0.3 is 15.0 Å². The lowest BCUT2D eigenvalue weighted by molar-refractivity contribution is -0.124. The van der Waals surface area contributed by atoms with Crippen LogP contribution >= 0.6 is 0 Å². The molecule has 2 aromatic rings. The number of rotatable bonds is 10. The van der Waals surface area contributed by atoms with Crippen LogP contribution in [0.15, 0.2) is 41.5 Å². The molecule has 0 bridgehead atoms. The molecule has 2 rings (SSSR count). The first-order valence-corrected chi connectivity index (χ1v) is 10.5. The van der Waals surface area contributed by atoms with Crippen molar-refractivity contribution in [1.82, 2.24) is 5.43 Å². The number of hydrazone groups is 1. The zero-order valence-electron chi connectivity index (χ0n) is 19.0. The largest absolute Gasteiger partial charge is 0.496 e. The van der Waals surface area contributed by atoms with Crippen molar-refractivity contribution in [2.75, 3.05) is 30.4 Å². The number of nitrogens with zero attached hydrogens (tertiary/aromatic N) is 2. The van der Waals surface area contributed by atoms with E-state index in [-0.39, 0.29) is 24.7 Å². The Hall–Kier alpha value is -3.35. The SMILES string of the molecule is CCN(CC)c1ccc(C=NNC(=O)CCC(=O)Nc2cc(C)ccc2C)c(OC)c1. The monoisotopic (exact) mass is 424 g/mol. The standard InChI is InChI=1S/C24H32N4O3/c1-6-28(7-2)20-11-10-19(22(15-20)31-5)16-25-27-24(30)13-12-23(29)26-21-14-17(3)8-9-18(21)4/h8-11,14-16H,6-7,12-13H2,1-5H3,(H,26,29)(H,27,30). The second kappa shape index (κ2) is 11.7. The fourth-order valence-electron chi connectivity index (χ4n) is 3.13. The number of benzene rings is 2. The number of ether oxygens (including phenoxy) is 1. The van der Waals surface area contributed by atoms with Gasteiger partial charge in [-0.15, -0.1) is 0 Å². The topological polar surface area (TPSA) is 83.0 Å². The Kier molecular flexibility index (Phi) is 9.06. The summed E-state index contributed by atoms with van der Waals surface area (Å²) in [7, 11) is 1.60. The van der Waals surface area contributed by atoms with Crippen molar-refractivity contribution in [3.8, 4) is 5.75 Å². The highest BCUT2D eigenvalue weighted by molar-refractivity contribution is 5.94. The number of hydrogen-bond donors (Lipinski definition) is 2. The number of amides is 2. The lowest BCUT2D eigenvalue weighted by Crippen LogP contribution is -2.22. The summed E-state index contributed by atoms with van der Waals surface area (Å²) in [6.07, 6.45) is 1.67. The lowest BCUT2D eigenvalue weighted by atomic mass is 10.1. The zero-order valence-corrected chi connectivity index (χ0v) is 19.0. The molecule has 2 amide bonds. The minimum Gasteiger partial charge on any atom is -0.496 e. The summed E-state index contributed by atoms with van der Waals surface area (Å²) in [6.45, 7) is 9.90. The van der Waals surface area contributed by atoms with E-state index >= 15 is 0 Å². The third kappa shape index (κ3) is 7.13. The quantitative estimate of drug-likeness (QED) is 0.446.